The summed E-state index contributed by atoms with van der Waals surface area (Å²) in [5.74, 6) is 0.928. The van der Waals surface area contributed by atoms with Crippen molar-refractivity contribution >= 4 is 11.6 Å². The molecule has 0 bridgehead atoms. The largest absolute Gasteiger partial charge is 0.496 e. The highest BCUT2D eigenvalue weighted by Gasteiger charge is 2.17. The fourth-order valence-electron chi connectivity index (χ4n) is 2.64. The molecule has 0 radical (unpaired) electrons. The van der Waals surface area contributed by atoms with Crippen LogP contribution in [0.25, 0.3) is 0 Å². The summed E-state index contributed by atoms with van der Waals surface area (Å²) < 4.78 is 5.40. The summed E-state index contributed by atoms with van der Waals surface area (Å²) in [6.45, 7) is 7.19. The Morgan fingerprint density at radius 2 is 1.90 bits per heavy atom. The van der Waals surface area contributed by atoms with Crippen molar-refractivity contribution in [2.24, 2.45) is 0 Å². The van der Waals surface area contributed by atoms with Crippen LogP contribution in [0.5, 0.6) is 5.75 Å². The van der Waals surface area contributed by atoms with Crippen LogP contribution in [0.15, 0.2) is 36.4 Å². The van der Waals surface area contributed by atoms with Gasteiger partial charge in [-0.05, 0) is 60.8 Å². The Bertz CT molecular complexity index is 625. The van der Waals surface area contributed by atoms with Crippen molar-refractivity contribution < 1.29 is 4.74 Å². The van der Waals surface area contributed by atoms with Crippen molar-refractivity contribution in [3.8, 4) is 5.75 Å². The van der Waals surface area contributed by atoms with E-state index in [1.54, 1.807) is 7.11 Å². The van der Waals surface area contributed by atoms with Crippen LogP contribution < -0.4 is 10.1 Å². The topological polar surface area (TPSA) is 21.3 Å². The number of hydrogen-bond acceptors (Lipinski definition) is 2. The Morgan fingerprint density at radius 3 is 2.52 bits per heavy atom. The van der Waals surface area contributed by atoms with E-state index in [-0.39, 0.29) is 6.04 Å². The van der Waals surface area contributed by atoms with Gasteiger partial charge in [0.05, 0.1) is 13.2 Å². The van der Waals surface area contributed by atoms with Gasteiger partial charge in [0, 0.05) is 5.02 Å². The lowest BCUT2D eigenvalue weighted by Crippen LogP contribution is -2.23. The number of hydrogen-bond donors (Lipinski definition) is 1. The Balaban J connectivity index is 2.50. The maximum atomic E-state index is 6.15. The number of benzene rings is 2. The first-order valence-corrected chi connectivity index (χ1v) is 7.58. The summed E-state index contributed by atoms with van der Waals surface area (Å²) in [7, 11) is 1.71. The molecule has 1 atom stereocenters. The predicted molar refractivity (Wildman–Crippen MR) is 89.4 cm³/mol. The highest BCUT2D eigenvalue weighted by Crippen LogP contribution is 2.31. The highest BCUT2D eigenvalue weighted by molar-refractivity contribution is 6.30. The lowest BCUT2D eigenvalue weighted by Gasteiger charge is -2.22. The van der Waals surface area contributed by atoms with Gasteiger partial charge in [-0.2, -0.15) is 0 Å². The standard InChI is InChI=1S/C18H22ClNO/c1-5-20-18(14-7-6-8-15(19)11-14)16-9-13(3)17(21-4)10-12(16)2/h6-11,18,20H,5H2,1-4H3. The van der Waals surface area contributed by atoms with Crippen LogP contribution in [-0.2, 0) is 0 Å². The van der Waals surface area contributed by atoms with Gasteiger partial charge in [-0.1, -0.05) is 36.7 Å². The lowest BCUT2D eigenvalue weighted by molar-refractivity contribution is 0.411. The molecule has 0 saturated carbocycles. The molecule has 0 saturated heterocycles. The SMILES string of the molecule is CCNC(c1cccc(Cl)c1)c1cc(C)c(OC)cc1C. The minimum atomic E-state index is 0.137. The van der Waals surface area contributed by atoms with E-state index in [9.17, 15) is 0 Å². The highest BCUT2D eigenvalue weighted by atomic mass is 35.5. The molecule has 3 heteroatoms. The van der Waals surface area contributed by atoms with Gasteiger partial charge < -0.3 is 10.1 Å². The molecule has 21 heavy (non-hydrogen) atoms. The van der Waals surface area contributed by atoms with Crippen molar-refractivity contribution in [3.05, 3.63) is 63.7 Å². The average molecular weight is 304 g/mol. The summed E-state index contributed by atoms with van der Waals surface area (Å²) >= 11 is 6.15. The van der Waals surface area contributed by atoms with Crippen LogP contribution in [0, 0.1) is 13.8 Å². The minimum Gasteiger partial charge on any atom is -0.496 e. The molecule has 0 heterocycles. The third-order valence-corrected chi connectivity index (χ3v) is 3.92. The molecule has 2 nitrogen and oxygen atoms in total. The minimum absolute atomic E-state index is 0.137. The summed E-state index contributed by atoms with van der Waals surface area (Å²) in [4.78, 5) is 0. The monoisotopic (exact) mass is 303 g/mol. The quantitative estimate of drug-likeness (QED) is 0.867. The Labute approximate surface area is 132 Å². The van der Waals surface area contributed by atoms with E-state index < -0.39 is 0 Å². The van der Waals surface area contributed by atoms with Gasteiger partial charge in [-0.25, -0.2) is 0 Å². The first-order chi connectivity index (χ1) is 10.1. The van der Waals surface area contributed by atoms with Crippen molar-refractivity contribution in [1.29, 1.82) is 0 Å². The summed E-state index contributed by atoms with van der Waals surface area (Å²) in [5.41, 5.74) is 4.79. The molecule has 112 valence electrons. The number of aryl methyl sites for hydroxylation is 2. The summed E-state index contributed by atoms with van der Waals surface area (Å²) in [6.07, 6.45) is 0. The molecule has 2 aromatic carbocycles. The summed E-state index contributed by atoms with van der Waals surface area (Å²) in [5, 5.41) is 4.31. The van der Waals surface area contributed by atoms with Gasteiger partial charge >= 0.3 is 0 Å². The van der Waals surface area contributed by atoms with E-state index in [4.69, 9.17) is 16.3 Å². The van der Waals surface area contributed by atoms with E-state index in [1.165, 1.54) is 16.7 Å². The molecule has 0 fully saturated rings. The van der Waals surface area contributed by atoms with Crippen molar-refractivity contribution in [3.63, 3.8) is 0 Å². The molecule has 2 rings (SSSR count). The molecule has 0 aliphatic carbocycles. The van der Waals surface area contributed by atoms with Crippen molar-refractivity contribution in [2.75, 3.05) is 13.7 Å². The molecular weight excluding hydrogens is 282 g/mol. The van der Waals surface area contributed by atoms with Gasteiger partial charge in [0.2, 0.25) is 0 Å². The molecule has 0 aliphatic rings. The normalized spacial score (nSPS) is 12.2. The third-order valence-electron chi connectivity index (χ3n) is 3.68. The molecule has 1 unspecified atom stereocenters. The number of ether oxygens (including phenoxy) is 1. The van der Waals surface area contributed by atoms with Crippen LogP contribution in [0.1, 0.15) is 35.2 Å². The number of methoxy groups -OCH3 is 1. The molecule has 2 aromatic rings. The van der Waals surface area contributed by atoms with E-state index in [0.717, 1.165) is 22.9 Å². The Hall–Kier alpha value is -1.51. The van der Waals surface area contributed by atoms with Gasteiger partial charge in [0.1, 0.15) is 5.75 Å². The van der Waals surface area contributed by atoms with E-state index >= 15 is 0 Å². The van der Waals surface area contributed by atoms with Crippen LogP contribution in [0.4, 0.5) is 0 Å². The lowest BCUT2D eigenvalue weighted by atomic mass is 9.93. The van der Waals surface area contributed by atoms with Crippen molar-refractivity contribution in [1.82, 2.24) is 5.32 Å². The van der Waals surface area contributed by atoms with Crippen LogP contribution >= 0.6 is 11.6 Å². The maximum Gasteiger partial charge on any atom is 0.122 e. The maximum absolute atomic E-state index is 6.15. The molecule has 0 aromatic heterocycles. The molecule has 0 amide bonds. The third kappa shape index (κ3) is 3.58. The smallest absolute Gasteiger partial charge is 0.122 e. The molecule has 0 aliphatic heterocycles. The van der Waals surface area contributed by atoms with E-state index in [2.05, 4.69) is 44.3 Å². The zero-order chi connectivity index (χ0) is 15.4. The summed E-state index contributed by atoms with van der Waals surface area (Å²) in [6, 6.07) is 12.5. The van der Waals surface area contributed by atoms with Gasteiger partial charge in [0.15, 0.2) is 0 Å². The zero-order valence-corrected chi connectivity index (χ0v) is 13.8. The predicted octanol–water partition coefficient (Wildman–Crippen LogP) is 4.66. The number of rotatable bonds is 5. The second-order valence-corrected chi connectivity index (χ2v) is 5.66. The molecule has 1 N–H and O–H groups in total. The van der Waals surface area contributed by atoms with Gasteiger partial charge in [-0.3, -0.25) is 0 Å². The first kappa shape index (κ1) is 15.9. The van der Waals surface area contributed by atoms with Crippen LogP contribution in [0.3, 0.4) is 0 Å². The molecule has 0 spiro atoms. The fraction of sp³-hybridized carbons (Fsp3) is 0.333. The number of halogens is 1. The fourth-order valence-corrected chi connectivity index (χ4v) is 2.84. The second-order valence-electron chi connectivity index (χ2n) is 5.22. The zero-order valence-electron chi connectivity index (χ0n) is 13.0. The first-order valence-electron chi connectivity index (χ1n) is 7.20. The van der Waals surface area contributed by atoms with Crippen LogP contribution in [-0.4, -0.2) is 13.7 Å². The van der Waals surface area contributed by atoms with Crippen LogP contribution in [0.2, 0.25) is 5.02 Å². The van der Waals surface area contributed by atoms with Gasteiger partial charge in [-0.15, -0.1) is 0 Å². The average Bonchev–Trinajstić information content (AvgIpc) is 2.47. The molecular formula is C18H22ClNO. The van der Waals surface area contributed by atoms with E-state index in [1.807, 2.05) is 18.2 Å². The number of nitrogens with one attached hydrogen (secondary N) is 1. The Kier molecular flexibility index (Phi) is 5.27. The second kappa shape index (κ2) is 6.97. The van der Waals surface area contributed by atoms with Gasteiger partial charge in [0.25, 0.3) is 0 Å². The Morgan fingerprint density at radius 1 is 1.14 bits per heavy atom. The van der Waals surface area contributed by atoms with E-state index in [0.29, 0.717) is 0 Å². The van der Waals surface area contributed by atoms with Crippen molar-refractivity contribution in [2.45, 2.75) is 26.8 Å².